The van der Waals surface area contributed by atoms with Crippen molar-refractivity contribution in [3.63, 3.8) is 0 Å². The Kier molecular flexibility index (Phi) is 4.89. The minimum atomic E-state index is -0.717. The number of amides is 2. The van der Waals surface area contributed by atoms with E-state index in [0.29, 0.717) is 24.8 Å². The summed E-state index contributed by atoms with van der Waals surface area (Å²) in [7, 11) is 0. The second kappa shape index (κ2) is 7.85. The number of H-pyrrole nitrogens is 1. The highest BCUT2D eigenvalue weighted by atomic mass is 16.2. The fourth-order valence-electron chi connectivity index (χ4n) is 6.17. The Morgan fingerprint density at radius 3 is 2.76 bits per heavy atom. The van der Waals surface area contributed by atoms with Crippen molar-refractivity contribution >= 4 is 11.8 Å². The molecule has 1 aromatic carbocycles. The lowest BCUT2D eigenvalue weighted by Gasteiger charge is -2.38. The van der Waals surface area contributed by atoms with E-state index in [4.69, 9.17) is 5.73 Å². The van der Waals surface area contributed by atoms with Crippen molar-refractivity contribution in [3.8, 4) is 17.5 Å². The zero-order valence-corrected chi connectivity index (χ0v) is 18.9. The van der Waals surface area contributed by atoms with Crippen LogP contribution >= 0.6 is 0 Å². The third-order valence-corrected chi connectivity index (χ3v) is 7.98. The van der Waals surface area contributed by atoms with Crippen LogP contribution in [0.5, 0.6) is 0 Å². The summed E-state index contributed by atoms with van der Waals surface area (Å²) in [4.78, 5) is 32.0. The molecule has 2 bridgehead atoms. The minimum Gasteiger partial charge on any atom is -0.330 e. The van der Waals surface area contributed by atoms with Gasteiger partial charge in [-0.2, -0.15) is 10.5 Å². The number of aromatic nitrogens is 4. The average Bonchev–Trinajstić information content (AvgIpc) is 3.28. The average molecular weight is 462 g/mol. The van der Waals surface area contributed by atoms with Gasteiger partial charge in [0, 0.05) is 30.7 Å². The van der Waals surface area contributed by atoms with Gasteiger partial charge in [-0.3, -0.25) is 14.5 Å². The summed E-state index contributed by atoms with van der Waals surface area (Å²) in [6.45, 7) is 3.10. The number of carbonyl (C=O) groups excluding carboxylic acids is 2. The molecule has 1 saturated carbocycles. The van der Waals surface area contributed by atoms with Gasteiger partial charge in [-0.05, 0) is 42.9 Å². The molecule has 1 aromatic heterocycles. The van der Waals surface area contributed by atoms with E-state index in [-0.39, 0.29) is 42.0 Å². The smallest absolute Gasteiger partial charge is 0.242 e. The highest BCUT2D eigenvalue weighted by molar-refractivity contribution is 5.87. The number of nitrogens with two attached hydrogens (primary N) is 1. The molecule has 1 unspecified atom stereocenters. The Morgan fingerprint density at radius 2 is 2.09 bits per heavy atom. The van der Waals surface area contributed by atoms with Gasteiger partial charge in [-0.25, -0.2) is 0 Å². The molecule has 2 aromatic rings. The molecule has 0 spiro atoms. The number of piperazine rings is 1. The first-order valence-corrected chi connectivity index (χ1v) is 11.8. The number of likely N-dealkylation sites (tertiary alicyclic amines) is 3. The first-order chi connectivity index (χ1) is 16.5. The van der Waals surface area contributed by atoms with Crippen LogP contribution in [0.2, 0.25) is 0 Å². The Balaban J connectivity index is 1.10. The van der Waals surface area contributed by atoms with Crippen molar-refractivity contribution in [1.82, 2.24) is 35.3 Å². The Bertz CT molecular complexity index is 1140. The van der Waals surface area contributed by atoms with Crippen molar-refractivity contribution in [1.29, 1.82) is 5.26 Å². The van der Waals surface area contributed by atoms with Gasteiger partial charge in [-0.1, -0.05) is 24.3 Å². The molecule has 1 aliphatic carbocycles. The second-order valence-corrected chi connectivity index (χ2v) is 9.93. The van der Waals surface area contributed by atoms with Crippen LogP contribution in [0.4, 0.5) is 0 Å². The number of carbonyl (C=O) groups is 2. The van der Waals surface area contributed by atoms with Crippen LogP contribution in [0, 0.1) is 17.2 Å². The molecule has 3 N–H and O–H groups in total. The topological polar surface area (TPSA) is 148 Å². The van der Waals surface area contributed by atoms with Gasteiger partial charge in [0.2, 0.25) is 17.6 Å². The first-order valence-electron chi connectivity index (χ1n) is 11.8. The van der Waals surface area contributed by atoms with Crippen LogP contribution in [0.15, 0.2) is 24.3 Å². The highest BCUT2D eigenvalue weighted by Gasteiger charge is 2.56. The van der Waals surface area contributed by atoms with Crippen LogP contribution in [-0.2, 0) is 9.59 Å². The van der Waals surface area contributed by atoms with E-state index >= 15 is 0 Å². The van der Waals surface area contributed by atoms with Gasteiger partial charge in [0.05, 0.1) is 24.2 Å². The molecule has 176 valence electrons. The summed E-state index contributed by atoms with van der Waals surface area (Å²) in [6.07, 6.45) is 2.49. The second-order valence-electron chi connectivity index (χ2n) is 9.93. The third kappa shape index (κ3) is 3.28. The molecular formula is C23H27N9O2. The minimum absolute atomic E-state index is 0.0629. The molecule has 3 saturated heterocycles. The van der Waals surface area contributed by atoms with E-state index < -0.39 is 6.04 Å². The summed E-state index contributed by atoms with van der Waals surface area (Å²) in [5.41, 5.74) is 8.21. The fraction of sp³-hybridized carbons (Fsp3) is 0.565. The molecule has 11 heteroatoms. The number of nitriles is 1. The van der Waals surface area contributed by atoms with Crippen LogP contribution in [-0.4, -0.2) is 90.4 Å². The van der Waals surface area contributed by atoms with E-state index in [0.717, 1.165) is 30.4 Å². The number of tetrazole rings is 1. The SMILES string of the molecule is C[C@@H](c1ccc(-c2nn[nH]n2)cc1)N1C(=O)[C@@H]2CC1CN2C[C@H](N)C(=O)N1[C@H](C#N)C[C@@H]2C[C@@H]21. The summed E-state index contributed by atoms with van der Waals surface area (Å²) < 4.78 is 0. The van der Waals surface area contributed by atoms with Crippen molar-refractivity contribution in [2.75, 3.05) is 13.1 Å². The predicted octanol–water partition coefficient (Wildman–Crippen LogP) is 0.0531. The van der Waals surface area contributed by atoms with Gasteiger partial charge in [0.1, 0.15) is 6.04 Å². The summed E-state index contributed by atoms with van der Waals surface area (Å²) in [5, 5.41) is 23.4. The fourth-order valence-corrected chi connectivity index (χ4v) is 6.17. The number of hydrogen-bond acceptors (Lipinski definition) is 8. The molecule has 4 aliphatic rings. The number of nitrogens with one attached hydrogen (secondary N) is 1. The monoisotopic (exact) mass is 461 g/mol. The molecule has 2 amide bonds. The maximum absolute atomic E-state index is 13.3. The van der Waals surface area contributed by atoms with Crippen molar-refractivity contribution in [3.05, 3.63) is 29.8 Å². The van der Waals surface area contributed by atoms with Gasteiger partial charge in [0.15, 0.2) is 0 Å². The Labute approximate surface area is 196 Å². The molecule has 6 rings (SSSR count). The maximum Gasteiger partial charge on any atom is 0.242 e. The van der Waals surface area contributed by atoms with E-state index in [9.17, 15) is 14.9 Å². The molecular weight excluding hydrogens is 434 g/mol. The van der Waals surface area contributed by atoms with Crippen LogP contribution in [0.1, 0.15) is 37.8 Å². The number of aromatic amines is 1. The van der Waals surface area contributed by atoms with Crippen molar-refractivity contribution < 1.29 is 9.59 Å². The molecule has 34 heavy (non-hydrogen) atoms. The maximum atomic E-state index is 13.3. The lowest BCUT2D eigenvalue weighted by atomic mass is 10.0. The standard InChI is InChI=1S/C23H27N9O2/c1-12(13-2-4-14(5-3-13)21-26-28-29-27-21)31-17-8-20(23(31)34)30(10-17)11-18(25)22(33)32-16(9-24)6-15-7-19(15)32/h2-5,12,15-20H,6-8,10-11,25H2,1H3,(H,26,27,28,29)/t12-,15+,16-,17?,18-,19-,20-/m0/s1. The third-order valence-electron chi connectivity index (χ3n) is 7.98. The lowest BCUT2D eigenvalue weighted by Crippen LogP contribution is -2.57. The van der Waals surface area contributed by atoms with E-state index in [1.54, 1.807) is 4.90 Å². The number of hydrogen-bond donors (Lipinski definition) is 2. The van der Waals surface area contributed by atoms with Gasteiger partial charge in [-0.15, -0.1) is 10.2 Å². The predicted molar refractivity (Wildman–Crippen MR) is 119 cm³/mol. The zero-order chi connectivity index (χ0) is 23.6. The number of nitrogens with zero attached hydrogens (tertiary/aromatic N) is 7. The highest BCUT2D eigenvalue weighted by Crippen LogP contribution is 2.48. The van der Waals surface area contributed by atoms with E-state index in [1.165, 1.54) is 0 Å². The first kappa shape index (κ1) is 21.2. The summed E-state index contributed by atoms with van der Waals surface area (Å²) in [6, 6.07) is 9.00. The van der Waals surface area contributed by atoms with Gasteiger partial charge < -0.3 is 15.5 Å². The summed E-state index contributed by atoms with van der Waals surface area (Å²) in [5.74, 6) is 0.924. The van der Waals surface area contributed by atoms with E-state index in [2.05, 4.69) is 31.6 Å². The van der Waals surface area contributed by atoms with Gasteiger partial charge in [0.25, 0.3) is 0 Å². The molecule has 4 heterocycles. The molecule has 7 atom stereocenters. The van der Waals surface area contributed by atoms with Gasteiger partial charge >= 0.3 is 0 Å². The number of fused-ring (bicyclic) bond motifs is 3. The Morgan fingerprint density at radius 1 is 1.29 bits per heavy atom. The van der Waals surface area contributed by atoms with Crippen LogP contribution < -0.4 is 5.73 Å². The number of rotatable bonds is 6. The lowest BCUT2D eigenvalue weighted by molar-refractivity contribution is -0.141. The quantitative estimate of drug-likeness (QED) is 0.613. The molecule has 11 nitrogen and oxygen atoms in total. The molecule has 4 fully saturated rings. The van der Waals surface area contributed by atoms with Crippen LogP contribution in [0.3, 0.4) is 0 Å². The Hall–Kier alpha value is -3.36. The molecule has 3 aliphatic heterocycles. The molecule has 0 radical (unpaired) electrons. The van der Waals surface area contributed by atoms with Crippen molar-refractivity contribution in [2.24, 2.45) is 11.7 Å². The van der Waals surface area contributed by atoms with E-state index in [1.807, 2.05) is 36.1 Å². The number of piperidine rings is 1. The van der Waals surface area contributed by atoms with Crippen molar-refractivity contribution in [2.45, 2.75) is 62.4 Å². The van der Waals surface area contributed by atoms with Crippen LogP contribution in [0.25, 0.3) is 11.4 Å². The zero-order valence-electron chi connectivity index (χ0n) is 18.9. The summed E-state index contributed by atoms with van der Waals surface area (Å²) >= 11 is 0. The number of benzene rings is 1. The normalized spacial score (nSPS) is 31.4. The largest absolute Gasteiger partial charge is 0.330 e.